The number of ether oxygens (including phenoxy) is 1. The number of carboxylic acid groups (broad SMARTS) is 1. The van der Waals surface area contributed by atoms with Gasteiger partial charge in [0.2, 0.25) is 0 Å². The number of anilines is 1. The number of hydrogen-bond donors (Lipinski definition) is 2. The number of aliphatic carboxylic acids is 1. The summed E-state index contributed by atoms with van der Waals surface area (Å²) in [5.41, 5.74) is 1.35. The number of amides is 1. The zero-order valence-electron chi connectivity index (χ0n) is 11.6. The first kappa shape index (κ1) is 14.4. The maximum atomic E-state index is 12.3. The molecule has 2 N–H and O–H groups in total. The van der Waals surface area contributed by atoms with Crippen LogP contribution in [0.15, 0.2) is 36.4 Å². The van der Waals surface area contributed by atoms with Crippen LogP contribution in [0, 0.1) is 0 Å². The van der Waals surface area contributed by atoms with Crippen LogP contribution in [0.4, 0.5) is 5.69 Å². The molecule has 0 saturated heterocycles. The Morgan fingerprint density at radius 1 is 1.23 bits per heavy atom. The van der Waals surface area contributed by atoms with Crippen molar-refractivity contribution in [1.82, 2.24) is 0 Å². The molecule has 112 valence electrons. The molecule has 0 aromatic heterocycles. The van der Waals surface area contributed by atoms with Crippen LogP contribution >= 0.6 is 11.6 Å². The number of nitrogens with one attached hydrogen (secondary N) is 1. The molecule has 1 heterocycles. The lowest BCUT2D eigenvalue weighted by molar-refractivity contribution is -0.138. The van der Waals surface area contributed by atoms with E-state index in [1.54, 1.807) is 37.3 Å². The molecule has 0 fully saturated rings. The molecule has 0 spiro atoms. The van der Waals surface area contributed by atoms with Crippen molar-refractivity contribution in [3.05, 3.63) is 52.5 Å². The minimum Gasteiger partial charge on any atom is -0.481 e. The van der Waals surface area contributed by atoms with Gasteiger partial charge in [-0.1, -0.05) is 17.7 Å². The van der Waals surface area contributed by atoms with Crippen molar-refractivity contribution < 1.29 is 19.4 Å². The first-order valence-electron chi connectivity index (χ1n) is 6.61. The van der Waals surface area contributed by atoms with E-state index in [0.29, 0.717) is 33.3 Å². The Kier molecular flexibility index (Phi) is 3.50. The predicted molar refractivity (Wildman–Crippen MR) is 82.0 cm³/mol. The minimum absolute atomic E-state index is 0.330. The van der Waals surface area contributed by atoms with Gasteiger partial charge in [0.15, 0.2) is 5.75 Å². The van der Waals surface area contributed by atoms with Gasteiger partial charge in [-0.2, -0.15) is 0 Å². The zero-order chi connectivity index (χ0) is 15.9. The molecular weight excluding hydrogens is 306 g/mol. The Hall–Kier alpha value is -2.53. The fourth-order valence-electron chi connectivity index (χ4n) is 2.22. The van der Waals surface area contributed by atoms with Crippen molar-refractivity contribution in [1.29, 1.82) is 0 Å². The van der Waals surface area contributed by atoms with E-state index in [4.69, 9.17) is 21.4 Å². The second-order valence-electron chi connectivity index (χ2n) is 5.01. The van der Waals surface area contributed by atoms with Gasteiger partial charge in [0, 0.05) is 5.02 Å². The number of carboxylic acids is 1. The van der Waals surface area contributed by atoms with Gasteiger partial charge in [-0.15, -0.1) is 0 Å². The highest BCUT2D eigenvalue weighted by molar-refractivity contribution is 6.31. The fraction of sp³-hybridized carbons (Fsp3) is 0.125. The number of halogens is 1. The van der Waals surface area contributed by atoms with Gasteiger partial charge in [-0.05, 0) is 42.8 Å². The van der Waals surface area contributed by atoms with E-state index in [-0.39, 0.29) is 5.91 Å². The maximum Gasteiger partial charge on any atom is 0.310 e. The summed E-state index contributed by atoms with van der Waals surface area (Å²) in [4.78, 5) is 23.4. The Morgan fingerprint density at radius 3 is 2.68 bits per heavy atom. The van der Waals surface area contributed by atoms with Gasteiger partial charge in [-0.25, -0.2) is 0 Å². The first-order chi connectivity index (χ1) is 10.5. The van der Waals surface area contributed by atoms with E-state index in [0.717, 1.165) is 0 Å². The lowest BCUT2D eigenvalue weighted by atomic mass is 10.0. The number of hydrogen-bond acceptors (Lipinski definition) is 3. The Labute approximate surface area is 131 Å². The molecule has 0 aliphatic carbocycles. The van der Waals surface area contributed by atoms with Crippen LogP contribution in [-0.4, -0.2) is 17.0 Å². The summed E-state index contributed by atoms with van der Waals surface area (Å²) in [6.45, 7) is 1.58. The molecule has 1 aliphatic rings. The summed E-state index contributed by atoms with van der Waals surface area (Å²) < 4.78 is 5.73. The van der Waals surface area contributed by atoms with Crippen molar-refractivity contribution in [2.75, 3.05) is 5.32 Å². The van der Waals surface area contributed by atoms with Crippen LogP contribution in [0.1, 0.15) is 28.8 Å². The molecule has 2 aromatic carbocycles. The number of rotatable bonds is 2. The van der Waals surface area contributed by atoms with Gasteiger partial charge >= 0.3 is 5.97 Å². The third kappa shape index (κ3) is 2.51. The zero-order valence-corrected chi connectivity index (χ0v) is 12.3. The molecule has 1 amide bonds. The smallest absolute Gasteiger partial charge is 0.310 e. The molecule has 1 atom stereocenters. The Bertz CT molecular complexity index is 788. The summed E-state index contributed by atoms with van der Waals surface area (Å²) in [6.07, 6.45) is 0. The summed E-state index contributed by atoms with van der Waals surface area (Å²) in [5, 5.41) is 12.2. The SMILES string of the molecule is CC(C(=O)O)c1ccc2c(c1)NC(=O)c1cc(Cl)ccc1O2. The highest BCUT2D eigenvalue weighted by Gasteiger charge is 2.23. The van der Waals surface area contributed by atoms with E-state index in [9.17, 15) is 9.59 Å². The first-order valence-corrected chi connectivity index (χ1v) is 6.99. The second kappa shape index (κ2) is 5.35. The van der Waals surface area contributed by atoms with E-state index >= 15 is 0 Å². The number of carbonyl (C=O) groups excluding carboxylic acids is 1. The van der Waals surface area contributed by atoms with Crippen LogP contribution < -0.4 is 10.1 Å². The topological polar surface area (TPSA) is 75.6 Å². The summed E-state index contributed by atoms with van der Waals surface area (Å²) >= 11 is 5.91. The predicted octanol–water partition coefficient (Wildman–Crippen LogP) is 3.89. The van der Waals surface area contributed by atoms with Gasteiger partial charge in [0.25, 0.3) is 5.91 Å². The van der Waals surface area contributed by atoms with E-state index in [1.807, 2.05) is 0 Å². The summed E-state index contributed by atoms with van der Waals surface area (Å²) in [7, 11) is 0. The number of benzene rings is 2. The third-order valence-corrected chi connectivity index (χ3v) is 3.76. The molecule has 22 heavy (non-hydrogen) atoms. The van der Waals surface area contributed by atoms with Crippen LogP contribution in [0.2, 0.25) is 5.02 Å². The molecule has 3 rings (SSSR count). The molecule has 0 saturated carbocycles. The second-order valence-corrected chi connectivity index (χ2v) is 5.45. The quantitative estimate of drug-likeness (QED) is 0.881. The van der Waals surface area contributed by atoms with Crippen molar-refractivity contribution in [3.63, 3.8) is 0 Å². The molecule has 0 bridgehead atoms. The van der Waals surface area contributed by atoms with E-state index in [1.165, 1.54) is 6.07 Å². The number of fused-ring (bicyclic) bond motifs is 2. The van der Waals surface area contributed by atoms with Gasteiger partial charge in [0.1, 0.15) is 5.75 Å². The van der Waals surface area contributed by atoms with Crippen LogP contribution in [0.5, 0.6) is 11.5 Å². The summed E-state index contributed by atoms with van der Waals surface area (Å²) in [6, 6.07) is 9.72. The lowest BCUT2D eigenvalue weighted by Gasteiger charge is -2.12. The van der Waals surface area contributed by atoms with Crippen LogP contribution in [-0.2, 0) is 4.79 Å². The van der Waals surface area contributed by atoms with Crippen molar-refractivity contribution in [3.8, 4) is 11.5 Å². The monoisotopic (exact) mass is 317 g/mol. The number of carbonyl (C=O) groups is 2. The van der Waals surface area contributed by atoms with Crippen LogP contribution in [0.25, 0.3) is 0 Å². The molecule has 2 aromatic rings. The lowest BCUT2D eigenvalue weighted by Crippen LogP contribution is -2.11. The highest BCUT2D eigenvalue weighted by Crippen LogP contribution is 2.38. The van der Waals surface area contributed by atoms with E-state index in [2.05, 4.69) is 5.32 Å². The average molecular weight is 318 g/mol. The fourth-order valence-corrected chi connectivity index (χ4v) is 2.40. The normalized spacial score (nSPS) is 14.0. The van der Waals surface area contributed by atoms with Crippen LogP contribution in [0.3, 0.4) is 0 Å². The molecule has 1 unspecified atom stereocenters. The van der Waals surface area contributed by atoms with Gasteiger partial charge < -0.3 is 15.2 Å². The van der Waals surface area contributed by atoms with E-state index < -0.39 is 11.9 Å². The molecular formula is C16H12ClNO4. The van der Waals surface area contributed by atoms with Crippen molar-refractivity contribution in [2.24, 2.45) is 0 Å². The Balaban J connectivity index is 2.05. The molecule has 6 heteroatoms. The average Bonchev–Trinajstić information content (AvgIpc) is 2.62. The largest absolute Gasteiger partial charge is 0.481 e. The molecule has 0 radical (unpaired) electrons. The Morgan fingerprint density at radius 2 is 1.95 bits per heavy atom. The van der Waals surface area contributed by atoms with Gasteiger partial charge in [-0.3, -0.25) is 9.59 Å². The maximum absolute atomic E-state index is 12.3. The molecule has 1 aliphatic heterocycles. The highest BCUT2D eigenvalue weighted by atomic mass is 35.5. The summed E-state index contributed by atoms with van der Waals surface area (Å²) in [5.74, 6) is -1.11. The van der Waals surface area contributed by atoms with Gasteiger partial charge in [0.05, 0.1) is 17.2 Å². The third-order valence-electron chi connectivity index (χ3n) is 3.53. The molecule has 5 nitrogen and oxygen atoms in total. The minimum atomic E-state index is -0.934. The van der Waals surface area contributed by atoms with Crippen molar-refractivity contribution in [2.45, 2.75) is 12.8 Å². The standard InChI is InChI=1S/C16H12ClNO4/c1-8(16(20)21)9-2-4-14-12(6-9)18-15(19)11-7-10(17)3-5-13(11)22-14/h2-8H,1H3,(H,18,19)(H,20,21). The van der Waals surface area contributed by atoms with Crippen molar-refractivity contribution >= 4 is 29.2 Å².